The van der Waals surface area contributed by atoms with E-state index >= 15 is 0 Å². The second-order valence-electron chi connectivity index (χ2n) is 5.60. The third-order valence-corrected chi connectivity index (χ3v) is 3.75. The molecule has 112 valence electrons. The van der Waals surface area contributed by atoms with Crippen molar-refractivity contribution in [1.82, 2.24) is 4.90 Å². The average molecular weight is 299 g/mol. The molecule has 0 saturated carbocycles. The van der Waals surface area contributed by atoms with Crippen molar-refractivity contribution < 1.29 is 9.90 Å². The first-order chi connectivity index (χ1) is 8.94. The van der Waals surface area contributed by atoms with Crippen molar-refractivity contribution in [3.63, 3.8) is 0 Å². The lowest BCUT2D eigenvalue weighted by atomic mass is 9.93. The van der Waals surface area contributed by atoms with Gasteiger partial charge in [-0.1, -0.05) is 19.4 Å². The fourth-order valence-corrected chi connectivity index (χ4v) is 2.70. The summed E-state index contributed by atoms with van der Waals surface area (Å²) in [5, 5.41) is 9.53. The molecule has 1 atom stereocenters. The number of hydrogen-bond donors (Lipinski definition) is 2. The second kappa shape index (κ2) is 6.46. The van der Waals surface area contributed by atoms with Crippen LogP contribution < -0.4 is 5.73 Å². The standard InChI is InChI=1S/C15H22N2O2.ClH/c1-3-7-15(2,16)14(19)17-8-6-11-4-5-13(18)9-12(11)10-17;/h4-5,9,18H,3,6-8,10,16H2,1-2H3;1H. The number of carbonyl (C=O) groups excluding carboxylic acids is 1. The highest BCUT2D eigenvalue weighted by molar-refractivity contribution is 5.86. The molecular formula is C15H23ClN2O2. The molecule has 3 N–H and O–H groups in total. The van der Waals surface area contributed by atoms with E-state index in [1.54, 1.807) is 24.0 Å². The van der Waals surface area contributed by atoms with Gasteiger partial charge in [0.2, 0.25) is 5.91 Å². The molecule has 0 aromatic heterocycles. The van der Waals surface area contributed by atoms with E-state index in [1.165, 1.54) is 5.56 Å². The Balaban J connectivity index is 0.00000200. The van der Waals surface area contributed by atoms with Crippen molar-refractivity contribution >= 4 is 18.3 Å². The van der Waals surface area contributed by atoms with Gasteiger partial charge in [-0.15, -0.1) is 12.4 Å². The van der Waals surface area contributed by atoms with Crippen LogP contribution in [0.2, 0.25) is 0 Å². The minimum atomic E-state index is -0.789. The fourth-order valence-electron chi connectivity index (χ4n) is 2.70. The Morgan fingerprint density at radius 1 is 1.45 bits per heavy atom. The SMILES string of the molecule is CCCC(C)(N)C(=O)N1CCc2ccc(O)cc2C1.Cl. The Labute approximate surface area is 126 Å². The van der Waals surface area contributed by atoms with Crippen LogP contribution in [0.3, 0.4) is 0 Å². The summed E-state index contributed by atoms with van der Waals surface area (Å²) in [6, 6.07) is 5.36. The molecule has 1 aromatic rings. The molecule has 5 heteroatoms. The average Bonchev–Trinajstić information content (AvgIpc) is 2.36. The van der Waals surface area contributed by atoms with E-state index < -0.39 is 5.54 Å². The number of benzene rings is 1. The minimum absolute atomic E-state index is 0. The van der Waals surface area contributed by atoms with Crippen molar-refractivity contribution in [2.45, 2.75) is 45.2 Å². The zero-order chi connectivity index (χ0) is 14.0. The monoisotopic (exact) mass is 298 g/mol. The summed E-state index contributed by atoms with van der Waals surface area (Å²) in [4.78, 5) is 14.2. The van der Waals surface area contributed by atoms with E-state index in [1.807, 2.05) is 13.0 Å². The van der Waals surface area contributed by atoms with Crippen LogP contribution in [0, 0.1) is 0 Å². The Morgan fingerprint density at radius 2 is 2.15 bits per heavy atom. The summed E-state index contributed by atoms with van der Waals surface area (Å²) in [7, 11) is 0. The molecule has 2 rings (SSSR count). The van der Waals surface area contributed by atoms with Crippen LogP contribution in [-0.4, -0.2) is 28.0 Å². The molecule has 1 heterocycles. The van der Waals surface area contributed by atoms with Crippen LogP contribution in [0.1, 0.15) is 37.8 Å². The molecule has 1 aromatic carbocycles. The van der Waals surface area contributed by atoms with E-state index in [-0.39, 0.29) is 24.1 Å². The first-order valence-electron chi connectivity index (χ1n) is 6.83. The van der Waals surface area contributed by atoms with Gasteiger partial charge in [-0.3, -0.25) is 4.79 Å². The molecule has 0 spiro atoms. The van der Waals surface area contributed by atoms with Crippen LogP contribution in [0.4, 0.5) is 0 Å². The highest BCUT2D eigenvalue weighted by Gasteiger charge is 2.33. The topological polar surface area (TPSA) is 66.6 Å². The number of amides is 1. The van der Waals surface area contributed by atoms with E-state index in [9.17, 15) is 9.90 Å². The highest BCUT2D eigenvalue weighted by atomic mass is 35.5. The first kappa shape index (κ1) is 16.8. The molecule has 0 radical (unpaired) electrons. The molecule has 20 heavy (non-hydrogen) atoms. The number of hydrogen-bond acceptors (Lipinski definition) is 3. The summed E-state index contributed by atoms with van der Waals surface area (Å²) >= 11 is 0. The van der Waals surface area contributed by atoms with E-state index in [0.717, 1.165) is 18.4 Å². The number of nitrogens with zero attached hydrogens (tertiary/aromatic N) is 1. The van der Waals surface area contributed by atoms with Crippen LogP contribution in [0.5, 0.6) is 5.75 Å². The fraction of sp³-hybridized carbons (Fsp3) is 0.533. The number of phenols is 1. The maximum Gasteiger partial charge on any atom is 0.242 e. The zero-order valence-corrected chi connectivity index (χ0v) is 12.9. The summed E-state index contributed by atoms with van der Waals surface area (Å²) in [6.07, 6.45) is 2.41. The third kappa shape index (κ3) is 3.44. The highest BCUT2D eigenvalue weighted by Crippen LogP contribution is 2.25. The summed E-state index contributed by atoms with van der Waals surface area (Å²) < 4.78 is 0. The Kier molecular flexibility index (Phi) is 5.42. The number of nitrogens with two attached hydrogens (primary N) is 1. The van der Waals surface area contributed by atoms with Crippen molar-refractivity contribution in [1.29, 1.82) is 0 Å². The molecule has 1 amide bonds. The van der Waals surface area contributed by atoms with Crippen LogP contribution in [0.15, 0.2) is 18.2 Å². The molecule has 0 fully saturated rings. The molecular weight excluding hydrogens is 276 g/mol. The van der Waals surface area contributed by atoms with Gasteiger partial charge >= 0.3 is 0 Å². The summed E-state index contributed by atoms with van der Waals surface area (Å²) in [6.45, 7) is 5.07. The summed E-state index contributed by atoms with van der Waals surface area (Å²) in [5.74, 6) is 0.250. The number of aromatic hydroxyl groups is 1. The van der Waals surface area contributed by atoms with E-state index in [0.29, 0.717) is 19.5 Å². The predicted octanol–water partition coefficient (Wildman–Crippen LogP) is 2.22. The number of rotatable bonds is 3. The third-order valence-electron chi connectivity index (χ3n) is 3.75. The van der Waals surface area contributed by atoms with Crippen LogP contribution in [0.25, 0.3) is 0 Å². The predicted molar refractivity (Wildman–Crippen MR) is 82.0 cm³/mol. The number of carbonyl (C=O) groups is 1. The van der Waals surface area contributed by atoms with Crippen LogP contribution in [-0.2, 0) is 17.8 Å². The molecule has 4 nitrogen and oxygen atoms in total. The number of fused-ring (bicyclic) bond motifs is 1. The van der Waals surface area contributed by atoms with Crippen LogP contribution >= 0.6 is 12.4 Å². The van der Waals surface area contributed by atoms with Gasteiger partial charge < -0.3 is 15.7 Å². The molecule has 0 aliphatic carbocycles. The number of phenolic OH excluding ortho intramolecular Hbond substituents is 1. The van der Waals surface area contributed by atoms with E-state index in [4.69, 9.17) is 5.73 Å². The molecule has 1 aliphatic heterocycles. The normalized spacial score (nSPS) is 16.9. The lowest BCUT2D eigenvalue weighted by Crippen LogP contribution is -2.54. The largest absolute Gasteiger partial charge is 0.508 e. The van der Waals surface area contributed by atoms with Crippen molar-refractivity contribution in [2.24, 2.45) is 5.73 Å². The molecule has 1 aliphatic rings. The quantitative estimate of drug-likeness (QED) is 0.899. The van der Waals surface area contributed by atoms with Gasteiger partial charge in [-0.2, -0.15) is 0 Å². The van der Waals surface area contributed by atoms with Gasteiger partial charge in [0.05, 0.1) is 5.54 Å². The Morgan fingerprint density at radius 3 is 2.80 bits per heavy atom. The van der Waals surface area contributed by atoms with Crippen molar-refractivity contribution in [2.75, 3.05) is 6.54 Å². The van der Waals surface area contributed by atoms with Crippen molar-refractivity contribution in [3.05, 3.63) is 29.3 Å². The maximum atomic E-state index is 12.4. The van der Waals surface area contributed by atoms with Gasteiger partial charge in [-0.05, 0) is 43.0 Å². The first-order valence-corrected chi connectivity index (χ1v) is 6.83. The van der Waals surface area contributed by atoms with Gasteiger partial charge in [0, 0.05) is 13.1 Å². The van der Waals surface area contributed by atoms with Gasteiger partial charge in [0.1, 0.15) is 5.75 Å². The zero-order valence-electron chi connectivity index (χ0n) is 12.1. The van der Waals surface area contributed by atoms with Gasteiger partial charge in [0.15, 0.2) is 0 Å². The molecule has 0 saturated heterocycles. The minimum Gasteiger partial charge on any atom is -0.508 e. The van der Waals surface area contributed by atoms with Gasteiger partial charge in [-0.25, -0.2) is 0 Å². The number of halogens is 1. The second-order valence-corrected chi connectivity index (χ2v) is 5.60. The Bertz CT molecular complexity index is 489. The molecule has 0 bridgehead atoms. The smallest absolute Gasteiger partial charge is 0.242 e. The summed E-state index contributed by atoms with van der Waals surface area (Å²) in [5.41, 5.74) is 7.55. The van der Waals surface area contributed by atoms with E-state index in [2.05, 4.69) is 0 Å². The lowest BCUT2D eigenvalue weighted by Gasteiger charge is -2.35. The lowest BCUT2D eigenvalue weighted by molar-refractivity contribution is -0.137. The van der Waals surface area contributed by atoms with Crippen molar-refractivity contribution in [3.8, 4) is 5.75 Å². The van der Waals surface area contributed by atoms with Gasteiger partial charge in [0.25, 0.3) is 0 Å². The maximum absolute atomic E-state index is 12.4. The molecule has 1 unspecified atom stereocenters. The Hall–Kier alpha value is -1.26.